The van der Waals surface area contributed by atoms with Crippen LogP contribution in [0, 0.1) is 0 Å². The van der Waals surface area contributed by atoms with Crippen molar-refractivity contribution in [3.05, 3.63) is 54.1 Å². The SMILES string of the molecule is CCC(C)Oc1ccc(NC(=O)COc2ccc(C(C)(C)C)cc2)cc1. The lowest BCUT2D eigenvalue weighted by atomic mass is 9.87. The summed E-state index contributed by atoms with van der Waals surface area (Å²) in [4.78, 5) is 12.1. The van der Waals surface area contributed by atoms with Gasteiger partial charge in [0.25, 0.3) is 5.91 Å². The van der Waals surface area contributed by atoms with Crippen LogP contribution in [-0.2, 0) is 10.2 Å². The van der Waals surface area contributed by atoms with Crippen molar-refractivity contribution in [1.29, 1.82) is 0 Å². The zero-order valence-corrected chi connectivity index (χ0v) is 16.3. The fraction of sp³-hybridized carbons (Fsp3) is 0.409. The number of benzene rings is 2. The monoisotopic (exact) mass is 355 g/mol. The average molecular weight is 355 g/mol. The molecule has 0 aliphatic heterocycles. The normalized spacial score (nSPS) is 12.3. The lowest BCUT2D eigenvalue weighted by molar-refractivity contribution is -0.118. The van der Waals surface area contributed by atoms with E-state index in [2.05, 4.69) is 33.0 Å². The van der Waals surface area contributed by atoms with E-state index in [1.165, 1.54) is 5.56 Å². The Morgan fingerprint density at radius 3 is 2.12 bits per heavy atom. The summed E-state index contributed by atoms with van der Waals surface area (Å²) in [6.07, 6.45) is 1.13. The summed E-state index contributed by atoms with van der Waals surface area (Å²) >= 11 is 0. The van der Waals surface area contributed by atoms with E-state index in [1.807, 2.05) is 55.5 Å². The van der Waals surface area contributed by atoms with Crippen LogP contribution in [0.3, 0.4) is 0 Å². The van der Waals surface area contributed by atoms with Crippen LogP contribution < -0.4 is 14.8 Å². The predicted molar refractivity (Wildman–Crippen MR) is 106 cm³/mol. The topological polar surface area (TPSA) is 47.6 Å². The van der Waals surface area contributed by atoms with E-state index in [0.29, 0.717) is 5.75 Å². The molecule has 0 saturated heterocycles. The minimum absolute atomic E-state index is 0.0278. The van der Waals surface area contributed by atoms with Gasteiger partial charge in [0.05, 0.1) is 6.10 Å². The average Bonchev–Trinajstić information content (AvgIpc) is 2.61. The molecule has 2 aromatic rings. The molecule has 2 aromatic carbocycles. The van der Waals surface area contributed by atoms with Crippen molar-refractivity contribution in [2.75, 3.05) is 11.9 Å². The minimum atomic E-state index is -0.194. The number of ether oxygens (including phenoxy) is 2. The van der Waals surface area contributed by atoms with Crippen molar-refractivity contribution in [2.45, 2.75) is 52.6 Å². The molecule has 0 saturated carbocycles. The van der Waals surface area contributed by atoms with Gasteiger partial charge < -0.3 is 14.8 Å². The Hall–Kier alpha value is -2.49. The molecule has 26 heavy (non-hydrogen) atoms. The third-order valence-electron chi connectivity index (χ3n) is 4.14. The van der Waals surface area contributed by atoms with Gasteiger partial charge >= 0.3 is 0 Å². The van der Waals surface area contributed by atoms with E-state index in [1.54, 1.807) is 0 Å². The molecule has 4 heteroatoms. The molecule has 0 aliphatic rings. The maximum Gasteiger partial charge on any atom is 0.262 e. The van der Waals surface area contributed by atoms with Crippen LogP contribution in [0.25, 0.3) is 0 Å². The Balaban J connectivity index is 1.83. The molecule has 1 unspecified atom stereocenters. The summed E-state index contributed by atoms with van der Waals surface area (Å²) in [5, 5.41) is 2.82. The molecule has 0 spiro atoms. The summed E-state index contributed by atoms with van der Waals surface area (Å²) in [5.74, 6) is 1.29. The van der Waals surface area contributed by atoms with Crippen LogP contribution in [0.4, 0.5) is 5.69 Å². The van der Waals surface area contributed by atoms with E-state index in [9.17, 15) is 4.79 Å². The third-order valence-corrected chi connectivity index (χ3v) is 4.14. The molecule has 0 fully saturated rings. The first-order valence-corrected chi connectivity index (χ1v) is 9.08. The number of carbonyl (C=O) groups excluding carboxylic acids is 1. The van der Waals surface area contributed by atoms with Gasteiger partial charge in [0.15, 0.2) is 6.61 Å². The van der Waals surface area contributed by atoms with Crippen LogP contribution in [0.15, 0.2) is 48.5 Å². The van der Waals surface area contributed by atoms with Crippen LogP contribution >= 0.6 is 0 Å². The van der Waals surface area contributed by atoms with Crippen LogP contribution in [-0.4, -0.2) is 18.6 Å². The van der Waals surface area contributed by atoms with E-state index < -0.39 is 0 Å². The zero-order valence-electron chi connectivity index (χ0n) is 16.3. The van der Waals surface area contributed by atoms with Crippen molar-refractivity contribution in [3.63, 3.8) is 0 Å². The highest BCUT2D eigenvalue weighted by atomic mass is 16.5. The van der Waals surface area contributed by atoms with Crippen molar-refractivity contribution in [1.82, 2.24) is 0 Å². The number of hydrogen-bond donors (Lipinski definition) is 1. The number of amides is 1. The second-order valence-electron chi connectivity index (χ2n) is 7.47. The molecule has 1 amide bonds. The van der Waals surface area contributed by atoms with Crippen molar-refractivity contribution in [2.24, 2.45) is 0 Å². The van der Waals surface area contributed by atoms with E-state index in [0.717, 1.165) is 17.9 Å². The molecule has 1 N–H and O–H groups in total. The predicted octanol–water partition coefficient (Wildman–Crippen LogP) is 5.18. The lowest BCUT2D eigenvalue weighted by Crippen LogP contribution is -2.20. The maximum absolute atomic E-state index is 12.1. The molecule has 0 bridgehead atoms. The van der Waals surface area contributed by atoms with Crippen molar-refractivity contribution in [3.8, 4) is 11.5 Å². The number of carbonyl (C=O) groups is 1. The Morgan fingerprint density at radius 2 is 1.58 bits per heavy atom. The van der Waals surface area contributed by atoms with Gasteiger partial charge in [-0.3, -0.25) is 4.79 Å². The second kappa shape index (κ2) is 8.75. The standard InChI is InChI=1S/C22H29NO3/c1-6-16(2)26-20-13-9-18(10-14-20)23-21(24)15-25-19-11-7-17(8-12-19)22(3,4)5/h7-14,16H,6,15H2,1-5H3,(H,23,24). The summed E-state index contributed by atoms with van der Waals surface area (Å²) in [6.45, 7) is 10.6. The van der Waals surface area contributed by atoms with Crippen LogP contribution in [0.1, 0.15) is 46.6 Å². The summed E-state index contributed by atoms with van der Waals surface area (Å²) in [5.41, 5.74) is 2.05. The Morgan fingerprint density at radius 1 is 1.00 bits per heavy atom. The number of rotatable bonds is 7. The number of nitrogens with one attached hydrogen (secondary N) is 1. The first-order chi connectivity index (χ1) is 12.3. The summed E-state index contributed by atoms with van der Waals surface area (Å²) in [6, 6.07) is 15.2. The van der Waals surface area contributed by atoms with Gasteiger partial charge in [-0.05, 0) is 60.7 Å². The lowest BCUT2D eigenvalue weighted by Gasteiger charge is -2.19. The Kier molecular flexibility index (Phi) is 6.67. The minimum Gasteiger partial charge on any atom is -0.491 e. The van der Waals surface area contributed by atoms with Crippen molar-refractivity contribution < 1.29 is 14.3 Å². The molecule has 2 rings (SSSR count). The largest absolute Gasteiger partial charge is 0.491 e. The highest BCUT2D eigenvalue weighted by Crippen LogP contribution is 2.24. The van der Waals surface area contributed by atoms with Gasteiger partial charge in [-0.1, -0.05) is 39.8 Å². The van der Waals surface area contributed by atoms with Gasteiger partial charge in [0.2, 0.25) is 0 Å². The molecular weight excluding hydrogens is 326 g/mol. The summed E-state index contributed by atoms with van der Waals surface area (Å²) in [7, 11) is 0. The Labute approximate surface area is 156 Å². The first-order valence-electron chi connectivity index (χ1n) is 9.08. The smallest absolute Gasteiger partial charge is 0.262 e. The highest BCUT2D eigenvalue weighted by Gasteiger charge is 2.13. The molecule has 140 valence electrons. The Bertz CT molecular complexity index is 700. The fourth-order valence-electron chi connectivity index (χ4n) is 2.33. The molecular formula is C22H29NO3. The molecule has 1 atom stereocenters. The second-order valence-corrected chi connectivity index (χ2v) is 7.47. The van der Waals surface area contributed by atoms with Crippen molar-refractivity contribution >= 4 is 11.6 Å². The van der Waals surface area contributed by atoms with Crippen LogP contribution in [0.2, 0.25) is 0 Å². The van der Waals surface area contributed by atoms with E-state index in [4.69, 9.17) is 9.47 Å². The molecule has 0 aromatic heterocycles. The van der Waals surface area contributed by atoms with E-state index >= 15 is 0 Å². The van der Waals surface area contributed by atoms with E-state index in [-0.39, 0.29) is 24.0 Å². The fourth-order valence-corrected chi connectivity index (χ4v) is 2.33. The molecule has 0 aliphatic carbocycles. The molecule has 0 heterocycles. The zero-order chi connectivity index (χ0) is 19.2. The van der Waals surface area contributed by atoms with Gasteiger partial charge in [-0.25, -0.2) is 0 Å². The molecule has 4 nitrogen and oxygen atoms in total. The van der Waals surface area contributed by atoms with Gasteiger partial charge in [0.1, 0.15) is 11.5 Å². The summed E-state index contributed by atoms with van der Waals surface area (Å²) < 4.78 is 11.3. The molecule has 0 radical (unpaired) electrons. The first kappa shape index (κ1) is 19.8. The van der Waals surface area contributed by atoms with Gasteiger partial charge in [-0.15, -0.1) is 0 Å². The van der Waals surface area contributed by atoms with Gasteiger partial charge in [-0.2, -0.15) is 0 Å². The quantitative estimate of drug-likeness (QED) is 0.744. The van der Waals surface area contributed by atoms with Crippen LogP contribution in [0.5, 0.6) is 11.5 Å². The number of hydrogen-bond acceptors (Lipinski definition) is 3. The third kappa shape index (κ3) is 6.10. The van der Waals surface area contributed by atoms with Gasteiger partial charge in [0, 0.05) is 5.69 Å². The highest BCUT2D eigenvalue weighted by molar-refractivity contribution is 5.91. The number of anilines is 1. The maximum atomic E-state index is 12.1.